The smallest absolute Gasteiger partial charge is 0.258 e. The van der Waals surface area contributed by atoms with E-state index in [1.165, 1.54) is 0 Å². The number of aliphatic hydroxyl groups excluding tert-OH is 1. The van der Waals surface area contributed by atoms with E-state index in [2.05, 4.69) is 9.88 Å². The van der Waals surface area contributed by atoms with Crippen LogP contribution in [0.25, 0.3) is 5.65 Å². The van der Waals surface area contributed by atoms with Crippen LogP contribution in [0.5, 0.6) is 0 Å². The highest BCUT2D eigenvalue weighted by atomic mass is 16.3. The van der Waals surface area contributed by atoms with Crippen molar-refractivity contribution in [3.63, 3.8) is 0 Å². The summed E-state index contributed by atoms with van der Waals surface area (Å²) in [5.74, 6) is 0.564. The van der Waals surface area contributed by atoms with Gasteiger partial charge in [-0.3, -0.25) is 9.20 Å². The first-order valence-electron chi connectivity index (χ1n) is 7.37. The summed E-state index contributed by atoms with van der Waals surface area (Å²) in [5, 5.41) is 9.32. The van der Waals surface area contributed by atoms with E-state index in [9.17, 15) is 9.90 Å². The van der Waals surface area contributed by atoms with Crippen molar-refractivity contribution in [2.24, 2.45) is 5.92 Å². The Bertz CT molecular complexity index is 704. The zero-order chi connectivity index (χ0) is 15.0. The second kappa shape index (κ2) is 5.58. The molecule has 0 atom stereocenters. The van der Waals surface area contributed by atoms with E-state index in [0.717, 1.165) is 30.6 Å². The largest absolute Gasteiger partial charge is 0.393 e. The number of rotatable bonds is 4. The Kier molecular flexibility index (Phi) is 3.78. The van der Waals surface area contributed by atoms with E-state index in [1.54, 1.807) is 10.5 Å². The molecule has 1 aliphatic carbocycles. The summed E-state index contributed by atoms with van der Waals surface area (Å²) < 4.78 is 1.58. The van der Waals surface area contributed by atoms with Crippen molar-refractivity contribution >= 4 is 5.65 Å². The zero-order valence-electron chi connectivity index (χ0n) is 12.5. The van der Waals surface area contributed by atoms with Crippen LogP contribution < -0.4 is 5.56 Å². The van der Waals surface area contributed by atoms with E-state index in [-0.39, 0.29) is 11.7 Å². The molecule has 3 rings (SSSR count). The number of aliphatic hydroxyl groups is 1. The van der Waals surface area contributed by atoms with Crippen LogP contribution in [0.15, 0.2) is 29.2 Å². The van der Waals surface area contributed by atoms with Crippen LogP contribution in [-0.4, -0.2) is 39.1 Å². The van der Waals surface area contributed by atoms with Gasteiger partial charge < -0.3 is 10.0 Å². The quantitative estimate of drug-likeness (QED) is 0.918. The zero-order valence-corrected chi connectivity index (χ0v) is 12.5. The lowest BCUT2D eigenvalue weighted by Gasteiger charge is -2.34. The van der Waals surface area contributed by atoms with Gasteiger partial charge in [0.2, 0.25) is 0 Å². The third-order valence-corrected chi connectivity index (χ3v) is 4.07. The maximum atomic E-state index is 12.1. The fourth-order valence-corrected chi connectivity index (χ4v) is 2.97. The monoisotopic (exact) mass is 287 g/mol. The molecule has 5 heteroatoms. The Morgan fingerprint density at radius 3 is 2.90 bits per heavy atom. The first-order valence-corrected chi connectivity index (χ1v) is 7.37. The van der Waals surface area contributed by atoms with Crippen molar-refractivity contribution in [1.82, 2.24) is 14.3 Å². The Balaban J connectivity index is 1.75. The molecular formula is C16H21N3O2. The molecule has 1 N–H and O–H groups in total. The molecule has 0 saturated heterocycles. The van der Waals surface area contributed by atoms with Crippen LogP contribution in [-0.2, 0) is 6.54 Å². The van der Waals surface area contributed by atoms with Gasteiger partial charge in [-0.1, -0.05) is 6.07 Å². The number of fused-ring (bicyclic) bond motifs is 1. The number of nitrogens with zero attached hydrogens (tertiary/aromatic N) is 3. The predicted octanol–water partition coefficient (Wildman–Crippen LogP) is 1.21. The van der Waals surface area contributed by atoms with Gasteiger partial charge in [0.1, 0.15) is 5.65 Å². The molecule has 112 valence electrons. The number of aromatic nitrogens is 2. The number of pyridine rings is 1. The molecular weight excluding hydrogens is 266 g/mol. The fraction of sp³-hybridized carbons (Fsp3) is 0.500. The first-order chi connectivity index (χ1) is 10.0. The Morgan fingerprint density at radius 2 is 2.19 bits per heavy atom. The minimum atomic E-state index is -0.116. The molecule has 0 aliphatic heterocycles. The summed E-state index contributed by atoms with van der Waals surface area (Å²) in [6.07, 6.45) is 3.47. The Hall–Kier alpha value is -1.72. The molecule has 2 heterocycles. The predicted molar refractivity (Wildman–Crippen MR) is 81.3 cm³/mol. The second-order valence-corrected chi connectivity index (χ2v) is 6.21. The van der Waals surface area contributed by atoms with Gasteiger partial charge in [0.25, 0.3) is 5.56 Å². The maximum absolute atomic E-state index is 12.1. The molecule has 2 aromatic heterocycles. The highest BCUT2D eigenvalue weighted by Gasteiger charge is 2.27. The van der Waals surface area contributed by atoms with Gasteiger partial charge in [-0.25, -0.2) is 4.98 Å². The average molecular weight is 287 g/mol. The summed E-state index contributed by atoms with van der Waals surface area (Å²) in [7, 11) is 2.03. The normalized spacial score (nSPS) is 21.7. The summed E-state index contributed by atoms with van der Waals surface area (Å²) in [6, 6.07) is 5.45. The molecule has 2 aromatic rings. The van der Waals surface area contributed by atoms with Crippen LogP contribution in [0.3, 0.4) is 0 Å². The minimum absolute atomic E-state index is 0.0360. The number of aryl methyl sites for hydroxylation is 1. The SMILES string of the molecule is Cc1ccc2nc(CN(C)CC3CC(O)C3)cc(=O)n2c1. The van der Waals surface area contributed by atoms with Gasteiger partial charge in [-0.15, -0.1) is 0 Å². The molecule has 1 fully saturated rings. The first kappa shape index (κ1) is 14.2. The Labute approximate surface area is 123 Å². The van der Waals surface area contributed by atoms with Crippen molar-refractivity contribution < 1.29 is 5.11 Å². The summed E-state index contributed by atoms with van der Waals surface area (Å²) >= 11 is 0. The van der Waals surface area contributed by atoms with Gasteiger partial charge >= 0.3 is 0 Å². The van der Waals surface area contributed by atoms with Gasteiger partial charge in [-0.2, -0.15) is 0 Å². The highest BCUT2D eigenvalue weighted by molar-refractivity contribution is 5.39. The number of hydrogen-bond donors (Lipinski definition) is 1. The van der Waals surface area contributed by atoms with Gasteiger partial charge in [0, 0.05) is 25.4 Å². The van der Waals surface area contributed by atoms with Crippen LogP contribution in [0.1, 0.15) is 24.1 Å². The standard InChI is InChI=1S/C16H21N3O2/c1-11-3-4-15-17-13(7-16(21)19(15)8-11)10-18(2)9-12-5-14(20)6-12/h3-4,7-8,12,14,20H,5-6,9-10H2,1-2H3. The van der Waals surface area contributed by atoms with Crippen LogP contribution in [0.2, 0.25) is 0 Å². The van der Waals surface area contributed by atoms with Crippen molar-refractivity contribution in [3.05, 3.63) is 46.0 Å². The van der Waals surface area contributed by atoms with Crippen LogP contribution in [0, 0.1) is 12.8 Å². The number of hydrogen-bond acceptors (Lipinski definition) is 4. The average Bonchev–Trinajstić information content (AvgIpc) is 2.38. The lowest BCUT2D eigenvalue weighted by molar-refractivity contribution is 0.0272. The van der Waals surface area contributed by atoms with Crippen LogP contribution >= 0.6 is 0 Å². The highest BCUT2D eigenvalue weighted by Crippen LogP contribution is 2.27. The Morgan fingerprint density at radius 1 is 1.43 bits per heavy atom. The molecule has 21 heavy (non-hydrogen) atoms. The van der Waals surface area contributed by atoms with Crippen LogP contribution in [0.4, 0.5) is 0 Å². The van der Waals surface area contributed by atoms with Gasteiger partial charge in [0.05, 0.1) is 11.8 Å². The summed E-state index contributed by atoms with van der Waals surface area (Å²) in [6.45, 7) is 3.55. The van der Waals surface area contributed by atoms with Crippen molar-refractivity contribution in [1.29, 1.82) is 0 Å². The van der Waals surface area contributed by atoms with E-state index in [0.29, 0.717) is 18.1 Å². The summed E-state index contributed by atoms with van der Waals surface area (Å²) in [4.78, 5) is 18.9. The van der Waals surface area contributed by atoms with Gasteiger partial charge in [-0.05, 0) is 44.4 Å². The molecule has 0 spiro atoms. The van der Waals surface area contributed by atoms with E-state index in [1.807, 2.05) is 32.3 Å². The topological polar surface area (TPSA) is 57.8 Å². The van der Waals surface area contributed by atoms with E-state index < -0.39 is 0 Å². The van der Waals surface area contributed by atoms with E-state index in [4.69, 9.17) is 0 Å². The van der Waals surface area contributed by atoms with Crippen molar-refractivity contribution in [3.8, 4) is 0 Å². The lowest BCUT2D eigenvalue weighted by atomic mass is 9.82. The molecule has 5 nitrogen and oxygen atoms in total. The molecule has 0 radical (unpaired) electrons. The molecule has 0 bridgehead atoms. The van der Waals surface area contributed by atoms with Crippen molar-refractivity contribution in [2.75, 3.05) is 13.6 Å². The van der Waals surface area contributed by atoms with Crippen molar-refractivity contribution in [2.45, 2.75) is 32.4 Å². The van der Waals surface area contributed by atoms with Gasteiger partial charge in [0.15, 0.2) is 0 Å². The lowest BCUT2D eigenvalue weighted by Crippen LogP contribution is -2.37. The second-order valence-electron chi connectivity index (χ2n) is 6.21. The third kappa shape index (κ3) is 3.14. The molecule has 0 amide bonds. The minimum Gasteiger partial charge on any atom is -0.393 e. The summed E-state index contributed by atoms with van der Waals surface area (Å²) in [5.41, 5.74) is 2.49. The molecule has 0 aromatic carbocycles. The molecule has 1 saturated carbocycles. The fourth-order valence-electron chi connectivity index (χ4n) is 2.97. The molecule has 1 aliphatic rings. The maximum Gasteiger partial charge on any atom is 0.258 e. The molecule has 0 unspecified atom stereocenters. The third-order valence-electron chi connectivity index (χ3n) is 4.07. The van der Waals surface area contributed by atoms with E-state index >= 15 is 0 Å².